The maximum absolute atomic E-state index is 5.87. The zero-order valence-electron chi connectivity index (χ0n) is 22.2. The van der Waals surface area contributed by atoms with E-state index < -0.39 is 0 Å². The van der Waals surface area contributed by atoms with Crippen LogP contribution in [0.1, 0.15) is 49.7 Å². The molecule has 0 aliphatic rings. The van der Waals surface area contributed by atoms with Crippen molar-refractivity contribution in [1.29, 1.82) is 0 Å². The molecule has 3 aromatic carbocycles. The molecule has 1 atom stereocenters. The van der Waals surface area contributed by atoms with Gasteiger partial charge in [0, 0.05) is 6.61 Å². The van der Waals surface area contributed by atoms with Crippen molar-refractivity contribution in [2.75, 3.05) is 19.8 Å². The lowest BCUT2D eigenvalue weighted by Gasteiger charge is -2.13. The van der Waals surface area contributed by atoms with Gasteiger partial charge in [0.25, 0.3) is 0 Å². The van der Waals surface area contributed by atoms with Crippen LogP contribution >= 0.6 is 12.4 Å². The van der Waals surface area contributed by atoms with Crippen LogP contribution in [0.3, 0.4) is 0 Å². The third-order valence-electron chi connectivity index (χ3n) is 5.98. The first-order chi connectivity index (χ1) is 18.2. The Morgan fingerprint density at radius 3 is 1.76 bits per heavy atom. The number of hydrogen-bond acceptors (Lipinski definition) is 4. The number of ether oxygens (including phenoxy) is 3. The Bertz CT molecular complexity index is 1010. The van der Waals surface area contributed by atoms with E-state index in [2.05, 4.69) is 29.3 Å². The van der Waals surface area contributed by atoms with Crippen LogP contribution in [-0.4, -0.2) is 31.8 Å². The number of nitrogens with two attached hydrogens (primary N) is 2. The van der Waals surface area contributed by atoms with E-state index in [9.17, 15) is 0 Å². The van der Waals surface area contributed by atoms with Gasteiger partial charge in [-0.3, -0.25) is 0 Å². The number of hydrogen-bond donors (Lipinski definition) is 2. The van der Waals surface area contributed by atoms with Crippen LogP contribution in [-0.2, 0) is 17.8 Å². The molecule has 0 saturated heterocycles. The molecule has 0 aliphatic carbocycles. The molecule has 38 heavy (non-hydrogen) atoms. The summed E-state index contributed by atoms with van der Waals surface area (Å²) in [6, 6.07) is 28.2. The summed E-state index contributed by atoms with van der Waals surface area (Å²) in [5, 5.41) is 0. The number of benzene rings is 3. The highest BCUT2D eigenvalue weighted by atomic mass is 35.5. The van der Waals surface area contributed by atoms with Gasteiger partial charge in [-0.25, -0.2) is 4.99 Å². The zero-order valence-corrected chi connectivity index (χ0v) is 23.0. The van der Waals surface area contributed by atoms with Gasteiger partial charge in [-0.1, -0.05) is 86.3 Å². The SMILES string of the molecule is Cl.NC(N)=NC(COCCCCCCCCOc1ccc(OCc2ccccc2)cc1)Cc1ccccc1. The Hall–Kier alpha value is -3.22. The highest BCUT2D eigenvalue weighted by Crippen LogP contribution is 2.19. The predicted molar refractivity (Wildman–Crippen MR) is 158 cm³/mol. The van der Waals surface area contributed by atoms with E-state index in [0.29, 0.717) is 13.2 Å². The van der Waals surface area contributed by atoms with Crippen molar-refractivity contribution < 1.29 is 14.2 Å². The standard InChI is InChI=1S/C31H41N3O3.ClH/c32-31(33)34-28(23-26-13-7-5-8-14-26)25-35-21-11-3-1-2-4-12-22-36-29-17-19-30(20-18-29)37-24-27-15-9-6-10-16-27;/h5-10,13-20,28H,1-4,11-12,21-25H2,(H4,32,33,34);1H. The van der Waals surface area contributed by atoms with Gasteiger partial charge in [0.15, 0.2) is 5.96 Å². The molecule has 1 unspecified atom stereocenters. The number of halogens is 1. The quantitative estimate of drug-likeness (QED) is 0.112. The van der Waals surface area contributed by atoms with Crippen LogP contribution in [0.4, 0.5) is 0 Å². The Morgan fingerprint density at radius 1 is 0.632 bits per heavy atom. The first kappa shape index (κ1) is 31.0. The number of rotatable bonds is 18. The molecule has 3 rings (SSSR count). The van der Waals surface area contributed by atoms with Gasteiger partial charge in [0.2, 0.25) is 0 Å². The van der Waals surface area contributed by atoms with E-state index in [1.807, 2.05) is 60.7 Å². The first-order valence-corrected chi connectivity index (χ1v) is 13.3. The third-order valence-corrected chi connectivity index (χ3v) is 5.98. The van der Waals surface area contributed by atoms with Gasteiger partial charge in [-0.2, -0.15) is 0 Å². The fourth-order valence-corrected chi connectivity index (χ4v) is 4.03. The Balaban J connectivity index is 0.00000507. The van der Waals surface area contributed by atoms with Crippen molar-refractivity contribution in [3.63, 3.8) is 0 Å². The van der Waals surface area contributed by atoms with Crippen LogP contribution in [0, 0.1) is 0 Å². The van der Waals surface area contributed by atoms with Gasteiger partial charge >= 0.3 is 0 Å². The number of guanidine groups is 1. The molecular weight excluding hydrogens is 498 g/mol. The maximum Gasteiger partial charge on any atom is 0.186 e. The minimum Gasteiger partial charge on any atom is -0.494 e. The molecule has 0 heterocycles. The highest BCUT2D eigenvalue weighted by Gasteiger charge is 2.09. The summed E-state index contributed by atoms with van der Waals surface area (Å²) in [6.45, 7) is 2.57. The van der Waals surface area contributed by atoms with E-state index >= 15 is 0 Å². The molecule has 0 saturated carbocycles. The zero-order chi connectivity index (χ0) is 26.0. The summed E-state index contributed by atoms with van der Waals surface area (Å²) in [5.41, 5.74) is 13.5. The van der Waals surface area contributed by atoms with Crippen molar-refractivity contribution in [1.82, 2.24) is 0 Å². The summed E-state index contributed by atoms with van der Waals surface area (Å²) in [7, 11) is 0. The Morgan fingerprint density at radius 2 is 1.16 bits per heavy atom. The van der Waals surface area contributed by atoms with Crippen molar-refractivity contribution in [3.05, 3.63) is 96.1 Å². The van der Waals surface area contributed by atoms with Gasteiger partial charge in [-0.15, -0.1) is 12.4 Å². The summed E-state index contributed by atoms with van der Waals surface area (Å²) in [4.78, 5) is 4.32. The van der Waals surface area contributed by atoms with Crippen molar-refractivity contribution >= 4 is 18.4 Å². The topological polar surface area (TPSA) is 92.1 Å². The van der Waals surface area contributed by atoms with E-state index in [-0.39, 0.29) is 24.4 Å². The molecule has 0 aliphatic heterocycles. The van der Waals surface area contributed by atoms with Crippen LogP contribution < -0.4 is 20.9 Å². The fourth-order valence-electron chi connectivity index (χ4n) is 4.03. The van der Waals surface area contributed by atoms with Crippen LogP contribution in [0.5, 0.6) is 11.5 Å². The minimum atomic E-state index is -0.0505. The summed E-state index contributed by atoms with van der Waals surface area (Å²) in [6.07, 6.45) is 7.63. The molecule has 3 aromatic rings. The largest absolute Gasteiger partial charge is 0.494 e. The normalized spacial score (nSPS) is 11.3. The van der Waals surface area contributed by atoms with Crippen molar-refractivity contribution in [2.24, 2.45) is 16.5 Å². The van der Waals surface area contributed by atoms with Crippen LogP contribution in [0.15, 0.2) is 89.9 Å². The van der Waals surface area contributed by atoms with E-state index in [1.54, 1.807) is 0 Å². The molecule has 6 nitrogen and oxygen atoms in total. The Kier molecular flexibility index (Phi) is 15.4. The average Bonchev–Trinajstić information content (AvgIpc) is 2.92. The third kappa shape index (κ3) is 13.4. The fraction of sp³-hybridized carbons (Fsp3) is 0.387. The summed E-state index contributed by atoms with van der Waals surface area (Å²) >= 11 is 0. The van der Waals surface area contributed by atoms with Crippen LogP contribution in [0.2, 0.25) is 0 Å². The molecule has 0 fully saturated rings. The van der Waals surface area contributed by atoms with Gasteiger partial charge in [0.1, 0.15) is 18.1 Å². The minimum absolute atomic E-state index is 0. The second-order valence-corrected chi connectivity index (χ2v) is 9.19. The number of nitrogens with zero attached hydrogens (tertiary/aromatic N) is 1. The second-order valence-electron chi connectivity index (χ2n) is 9.19. The Labute approximate surface area is 233 Å². The average molecular weight is 540 g/mol. The molecule has 0 radical (unpaired) electrons. The number of aliphatic imine (C=N–C) groups is 1. The molecule has 0 bridgehead atoms. The molecule has 4 N–H and O–H groups in total. The maximum atomic E-state index is 5.87. The lowest BCUT2D eigenvalue weighted by atomic mass is 10.1. The van der Waals surface area contributed by atoms with Crippen LogP contribution in [0.25, 0.3) is 0 Å². The summed E-state index contributed by atoms with van der Waals surface area (Å²) in [5.74, 6) is 1.84. The molecule has 0 aromatic heterocycles. The van der Waals surface area contributed by atoms with Crippen molar-refractivity contribution in [3.8, 4) is 11.5 Å². The van der Waals surface area contributed by atoms with E-state index in [4.69, 9.17) is 25.7 Å². The molecule has 206 valence electrons. The van der Waals surface area contributed by atoms with E-state index in [1.165, 1.54) is 24.8 Å². The smallest absolute Gasteiger partial charge is 0.186 e. The number of unbranched alkanes of at least 4 members (excludes halogenated alkanes) is 5. The lowest BCUT2D eigenvalue weighted by molar-refractivity contribution is 0.117. The molecule has 7 heteroatoms. The monoisotopic (exact) mass is 539 g/mol. The molecule has 0 amide bonds. The van der Waals surface area contributed by atoms with Gasteiger partial charge in [-0.05, 0) is 54.7 Å². The lowest BCUT2D eigenvalue weighted by Crippen LogP contribution is -2.28. The summed E-state index contributed by atoms with van der Waals surface area (Å²) < 4.78 is 17.6. The second kappa shape index (κ2) is 18.9. The highest BCUT2D eigenvalue weighted by molar-refractivity contribution is 5.85. The predicted octanol–water partition coefficient (Wildman–Crippen LogP) is 6.31. The first-order valence-electron chi connectivity index (χ1n) is 13.3. The molecular formula is C31H42ClN3O3. The van der Waals surface area contributed by atoms with Crippen molar-refractivity contribution in [2.45, 2.75) is 57.6 Å². The van der Waals surface area contributed by atoms with Gasteiger partial charge in [0.05, 0.1) is 19.3 Å². The van der Waals surface area contributed by atoms with Gasteiger partial charge < -0.3 is 25.7 Å². The molecule has 0 spiro atoms. The van der Waals surface area contributed by atoms with E-state index in [0.717, 1.165) is 56.0 Å².